The number of allylic oxidation sites excluding steroid dienone is 1. The first kappa shape index (κ1) is 20.3. The molecule has 32 heavy (non-hydrogen) atoms. The van der Waals surface area contributed by atoms with Crippen LogP contribution in [0.4, 0.5) is 5.69 Å². The molecule has 1 amide bonds. The van der Waals surface area contributed by atoms with Gasteiger partial charge in [0.05, 0.1) is 12.2 Å². The molecule has 3 aromatic rings. The Labute approximate surface area is 188 Å². The average molecular weight is 449 g/mol. The molecule has 9 heteroatoms. The van der Waals surface area contributed by atoms with Crippen LogP contribution in [0.2, 0.25) is 0 Å². The zero-order chi connectivity index (χ0) is 22.1. The van der Waals surface area contributed by atoms with Crippen LogP contribution in [0.1, 0.15) is 27.8 Å². The minimum atomic E-state index is -0.413. The summed E-state index contributed by atoms with van der Waals surface area (Å²) in [5.74, 6) is 2.08. The number of aromatic nitrogens is 3. The molecule has 1 aromatic heterocycles. The molecule has 1 N–H and O–H groups in total. The molecule has 0 saturated carbocycles. The fourth-order valence-electron chi connectivity index (χ4n) is 3.71. The predicted molar refractivity (Wildman–Crippen MR) is 119 cm³/mol. The number of carbonyl (C=O) groups excluding carboxylic acids is 2. The van der Waals surface area contributed by atoms with Crippen molar-refractivity contribution in [2.75, 3.05) is 17.7 Å². The number of benzene rings is 2. The van der Waals surface area contributed by atoms with Gasteiger partial charge in [0.25, 0.3) is 0 Å². The minimum Gasteiger partial charge on any atom is -0.485 e. The number of nitrogens with one attached hydrogen (secondary N) is 1. The Bertz CT molecular complexity index is 1220. The van der Waals surface area contributed by atoms with Gasteiger partial charge in [0.2, 0.25) is 5.91 Å². The van der Waals surface area contributed by atoms with Crippen molar-refractivity contribution in [3.05, 3.63) is 72.1 Å². The zero-order valence-electron chi connectivity index (χ0n) is 17.1. The number of para-hydroxylation sites is 2. The molecule has 0 spiro atoms. The van der Waals surface area contributed by atoms with Crippen molar-refractivity contribution in [1.82, 2.24) is 14.8 Å². The summed E-state index contributed by atoms with van der Waals surface area (Å²) in [5.41, 5.74) is 2.19. The molecule has 0 unspecified atom stereocenters. The molecule has 2 aliphatic heterocycles. The number of thioether (sulfide) groups is 1. The predicted octanol–water partition coefficient (Wildman–Crippen LogP) is 3.45. The molecule has 8 nitrogen and oxygen atoms in total. The maximum absolute atomic E-state index is 12.8. The first-order chi connectivity index (χ1) is 15.6. The van der Waals surface area contributed by atoms with Gasteiger partial charge in [-0.2, -0.15) is 0 Å². The second-order valence-electron chi connectivity index (χ2n) is 7.41. The van der Waals surface area contributed by atoms with Crippen LogP contribution in [0.5, 0.6) is 11.5 Å². The van der Waals surface area contributed by atoms with Crippen LogP contribution < -0.4 is 14.8 Å². The van der Waals surface area contributed by atoms with E-state index in [1.165, 1.54) is 11.8 Å². The summed E-state index contributed by atoms with van der Waals surface area (Å²) >= 11 is 1.31. The Morgan fingerprint density at radius 1 is 1.25 bits per heavy atom. The molecule has 0 fully saturated rings. The van der Waals surface area contributed by atoms with E-state index in [1.54, 1.807) is 24.3 Å². The molecule has 0 bridgehead atoms. The van der Waals surface area contributed by atoms with Crippen molar-refractivity contribution in [1.29, 1.82) is 0 Å². The van der Waals surface area contributed by atoms with Crippen LogP contribution in [0.15, 0.2) is 60.3 Å². The molecule has 1 atom stereocenters. The van der Waals surface area contributed by atoms with E-state index in [2.05, 4.69) is 22.1 Å². The number of hydrogen-bond donors (Lipinski definition) is 1. The topological polar surface area (TPSA) is 95.3 Å². The van der Waals surface area contributed by atoms with Crippen molar-refractivity contribution in [2.45, 2.75) is 24.2 Å². The van der Waals surface area contributed by atoms with Crippen molar-refractivity contribution < 1.29 is 19.1 Å². The van der Waals surface area contributed by atoms with Crippen LogP contribution >= 0.6 is 11.8 Å². The number of nitrogens with zero attached hydrogens (tertiary/aromatic N) is 3. The van der Waals surface area contributed by atoms with Crippen LogP contribution in [0.25, 0.3) is 0 Å². The Morgan fingerprint density at radius 2 is 2.09 bits per heavy atom. The number of Topliss-reactive ketones (excluding diaryl/α,β-unsaturated/α-hetero) is 1. The van der Waals surface area contributed by atoms with E-state index in [4.69, 9.17) is 9.47 Å². The molecular formula is C23H20N4O4S. The van der Waals surface area contributed by atoms with E-state index >= 15 is 0 Å². The molecule has 2 aliphatic rings. The van der Waals surface area contributed by atoms with Gasteiger partial charge >= 0.3 is 0 Å². The first-order valence-corrected chi connectivity index (χ1v) is 11.1. The third-order valence-corrected chi connectivity index (χ3v) is 6.21. The van der Waals surface area contributed by atoms with E-state index in [0.717, 1.165) is 11.3 Å². The summed E-state index contributed by atoms with van der Waals surface area (Å²) in [6.07, 6.45) is 1.64. The number of anilines is 1. The Morgan fingerprint density at radius 3 is 2.94 bits per heavy atom. The third kappa shape index (κ3) is 3.87. The highest BCUT2D eigenvalue weighted by Gasteiger charge is 2.28. The van der Waals surface area contributed by atoms with Gasteiger partial charge in [-0.1, -0.05) is 30.0 Å². The van der Waals surface area contributed by atoms with E-state index in [1.807, 2.05) is 28.8 Å². The van der Waals surface area contributed by atoms with Crippen molar-refractivity contribution in [2.24, 2.45) is 0 Å². The Hall–Kier alpha value is -3.59. The number of amides is 1. The molecule has 5 rings (SSSR count). The first-order valence-electron chi connectivity index (χ1n) is 10.1. The monoisotopic (exact) mass is 448 g/mol. The van der Waals surface area contributed by atoms with E-state index in [-0.39, 0.29) is 17.4 Å². The van der Waals surface area contributed by atoms with E-state index in [0.29, 0.717) is 47.6 Å². The number of rotatable bonds is 7. The highest BCUT2D eigenvalue weighted by atomic mass is 32.2. The summed E-state index contributed by atoms with van der Waals surface area (Å²) in [6, 6.07) is 12.8. The fraction of sp³-hybridized carbons (Fsp3) is 0.217. The number of ether oxygens (including phenoxy) is 2. The average Bonchev–Trinajstić information content (AvgIpc) is 3.39. The standard InChI is InChI=1S/C23H20N4O4S/c1-2-9-27-22(20-12-30-18-5-3-4-6-19(18)31-20)25-26-23(27)32-13-17(28)14-7-8-16-15(10-14)11-21(29)24-16/h2-8,10,20H,1,9,11-13H2,(H,24,29)/t20-/m1/s1. The Kier molecular flexibility index (Phi) is 5.40. The SMILES string of the molecule is C=CCn1c(SCC(=O)c2ccc3c(c2)CC(=O)N3)nnc1[C@H]1COc2ccccc2O1. The van der Waals surface area contributed by atoms with E-state index in [9.17, 15) is 9.59 Å². The number of carbonyl (C=O) groups is 2. The summed E-state index contributed by atoms with van der Waals surface area (Å²) in [5, 5.41) is 12.0. The van der Waals surface area contributed by atoms with Gasteiger partial charge in [-0.15, -0.1) is 16.8 Å². The van der Waals surface area contributed by atoms with Crippen molar-refractivity contribution >= 4 is 29.1 Å². The fourth-order valence-corrected chi connectivity index (χ4v) is 4.56. The zero-order valence-corrected chi connectivity index (χ0v) is 17.9. The molecular weight excluding hydrogens is 428 g/mol. The summed E-state index contributed by atoms with van der Waals surface area (Å²) < 4.78 is 13.8. The summed E-state index contributed by atoms with van der Waals surface area (Å²) in [6.45, 7) is 4.62. The van der Waals surface area contributed by atoms with Gasteiger partial charge in [0, 0.05) is 17.8 Å². The maximum Gasteiger partial charge on any atom is 0.228 e. The lowest BCUT2D eigenvalue weighted by molar-refractivity contribution is -0.115. The molecule has 162 valence electrons. The molecule has 0 radical (unpaired) electrons. The maximum atomic E-state index is 12.8. The quantitative estimate of drug-likeness (QED) is 0.336. The number of ketones is 1. The minimum absolute atomic E-state index is 0.0435. The summed E-state index contributed by atoms with van der Waals surface area (Å²) in [4.78, 5) is 24.3. The lowest BCUT2D eigenvalue weighted by Gasteiger charge is -2.26. The molecule has 2 aromatic carbocycles. The lowest BCUT2D eigenvalue weighted by Crippen LogP contribution is -2.25. The Balaban J connectivity index is 1.31. The van der Waals surface area contributed by atoms with Crippen LogP contribution in [0.3, 0.4) is 0 Å². The van der Waals surface area contributed by atoms with Gasteiger partial charge in [0.1, 0.15) is 6.61 Å². The smallest absolute Gasteiger partial charge is 0.228 e. The largest absolute Gasteiger partial charge is 0.485 e. The number of fused-ring (bicyclic) bond motifs is 2. The third-order valence-electron chi connectivity index (χ3n) is 5.24. The van der Waals surface area contributed by atoms with Gasteiger partial charge < -0.3 is 14.8 Å². The molecule has 0 saturated heterocycles. The van der Waals surface area contributed by atoms with Crippen LogP contribution in [-0.2, 0) is 17.8 Å². The van der Waals surface area contributed by atoms with Gasteiger partial charge in [-0.05, 0) is 35.9 Å². The van der Waals surface area contributed by atoms with Gasteiger partial charge in [0.15, 0.2) is 34.4 Å². The molecule has 0 aliphatic carbocycles. The van der Waals surface area contributed by atoms with Gasteiger partial charge in [-0.3, -0.25) is 14.2 Å². The summed E-state index contributed by atoms with van der Waals surface area (Å²) in [7, 11) is 0. The molecule has 3 heterocycles. The van der Waals surface area contributed by atoms with Crippen LogP contribution in [-0.4, -0.2) is 38.8 Å². The van der Waals surface area contributed by atoms with Crippen LogP contribution in [0, 0.1) is 0 Å². The number of hydrogen-bond acceptors (Lipinski definition) is 7. The van der Waals surface area contributed by atoms with E-state index < -0.39 is 6.10 Å². The normalized spacial score (nSPS) is 16.4. The van der Waals surface area contributed by atoms with Crippen molar-refractivity contribution in [3.63, 3.8) is 0 Å². The highest BCUT2D eigenvalue weighted by molar-refractivity contribution is 7.99. The second-order valence-corrected chi connectivity index (χ2v) is 8.36. The highest BCUT2D eigenvalue weighted by Crippen LogP contribution is 2.36. The second kappa shape index (κ2) is 8.51. The van der Waals surface area contributed by atoms with Gasteiger partial charge in [-0.25, -0.2) is 0 Å². The lowest BCUT2D eigenvalue weighted by atomic mass is 10.1. The van der Waals surface area contributed by atoms with Crippen molar-refractivity contribution in [3.8, 4) is 11.5 Å².